The molecule has 5 nitrogen and oxygen atoms in total. The fourth-order valence-corrected chi connectivity index (χ4v) is 5.79. The van der Waals surface area contributed by atoms with Gasteiger partial charge in [-0.2, -0.15) is 0 Å². The van der Waals surface area contributed by atoms with Gasteiger partial charge in [0.05, 0.1) is 6.42 Å². The van der Waals surface area contributed by atoms with Gasteiger partial charge >= 0.3 is 5.97 Å². The molecule has 6 heteroatoms. The average molecular weight is 387 g/mol. The molecule has 0 aliphatic heterocycles. The van der Waals surface area contributed by atoms with Gasteiger partial charge in [0.25, 0.3) is 0 Å². The molecule has 0 unspecified atom stereocenters. The molecule has 5 rings (SSSR count). The highest BCUT2D eigenvalue weighted by molar-refractivity contribution is 5.97. The molecule has 1 aromatic carbocycles. The van der Waals surface area contributed by atoms with E-state index in [1.165, 1.54) is 43.5 Å². The Morgan fingerprint density at radius 1 is 1.00 bits per heavy atom. The minimum absolute atomic E-state index is 0.0365. The smallest absolute Gasteiger partial charge is 0.308 e. The van der Waals surface area contributed by atoms with Crippen LogP contribution in [0.15, 0.2) is 24.3 Å². The fraction of sp³-hybridized carbons (Fsp3) is 0.591. The van der Waals surface area contributed by atoms with E-state index in [-0.39, 0.29) is 36.7 Å². The number of hydrogen-bond donors (Lipinski definition) is 1. The van der Waals surface area contributed by atoms with E-state index < -0.39 is 11.8 Å². The highest BCUT2D eigenvalue weighted by atomic mass is 19.1. The van der Waals surface area contributed by atoms with Crippen LogP contribution in [-0.2, 0) is 14.3 Å². The quantitative estimate of drug-likeness (QED) is 0.576. The van der Waals surface area contributed by atoms with Crippen molar-refractivity contribution in [2.75, 3.05) is 13.2 Å². The predicted octanol–water partition coefficient (Wildman–Crippen LogP) is 3.27. The molecule has 0 saturated heterocycles. The second-order valence-electron chi connectivity index (χ2n) is 8.79. The molecular formula is C22H26FNO4. The lowest BCUT2D eigenvalue weighted by atomic mass is 9.49. The molecule has 4 saturated carbocycles. The molecule has 4 bridgehead atoms. The first-order valence-electron chi connectivity index (χ1n) is 10.2. The first kappa shape index (κ1) is 19.1. The summed E-state index contributed by atoms with van der Waals surface area (Å²) in [5.74, 6) is 0.829. The van der Waals surface area contributed by atoms with Crippen LogP contribution in [0.1, 0.15) is 55.3 Å². The number of carbonyl (C=O) groups excluding carboxylic acids is 3. The molecule has 4 aliphatic carbocycles. The average Bonchev–Trinajstić information content (AvgIpc) is 2.65. The van der Waals surface area contributed by atoms with Gasteiger partial charge in [-0.3, -0.25) is 14.4 Å². The fourth-order valence-electron chi connectivity index (χ4n) is 5.79. The molecule has 1 aromatic rings. The van der Waals surface area contributed by atoms with Crippen LogP contribution in [0.25, 0.3) is 0 Å². The number of Topliss-reactive ketones (excluding diaryl/α,β-unsaturated/α-hetero) is 1. The zero-order valence-electron chi connectivity index (χ0n) is 15.9. The summed E-state index contributed by atoms with van der Waals surface area (Å²) in [7, 11) is 0. The highest BCUT2D eigenvalue weighted by Crippen LogP contribution is 2.60. The number of ether oxygens (including phenoxy) is 1. The minimum Gasteiger partial charge on any atom is -0.457 e. The van der Waals surface area contributed by atoms with Gasteiger partial charge in [-0.1, -0.05) is 0 Å². The van der Waals surface area contributed by atoms with Crippen LogP contribution in [0.4, 0.5) is 4.39 Å². The summed E-state index contributed by atoms with van der Waals surface area (Å²) in [4.78, 5) is 36.6. The molecule has 0 atom stereocenters. The van der Waals surface area contributed by atoms with Gasteiger partial charge < -0.3 is 10.1 Å². The number of hydrogen-bond acceptors (Lipinski definition) is 4. The third-order valence-electron chi connectivity index (χ3n) is 6.67. The largest absolute Gasteiger partial charge is 0.457 e. The maximum Gasteiger partial charge on any atom is 0.308 e. The van der Waals surface area contributed by atoms with Gasteiger partial charge in [0.2, 0.25) is 5.91 Å². The Morgan fingerprint density at radius 3 is 2.14 bits per heavy atom. The number of ketones is 1. The third kappa shape index (κ3) is 3.96. The first-order chi connectivity index (χ1) is 13.4. The van der Waals surface area contributed by atoms with Crippen molar-refractivity contribution in [3.8, 4) is 0 Å². The van der Waals surface area contributed by atoms with Crippen molar-refractivity contribution in [2.24, 2.45) is 23.2 Å². The Labute approximate surface area is 164 Å². The topological polar surface area (TPSA) is 72.5 Å². The van der Waals surface area contributed by atoms with Crippen molar-refractivity contribution in [2.45, 2.75) is 44.9 Å². The molecule has 0 spiro atoms. The molecule has 4 fully saturated rings. The zero-order valence-corrected chi connectivity index (χ0v) is 15.9. The SMILES string of the molecule is O=C(CCNC(=O)C12CC3CC(CC(C3)C1)C2)OCC(=O)c1ccc(F)cc1. The van der Waals surface area contributed by atoms with Crippen molar-refractivity contribution >= 4 is 17.7 Å². The van der Waals surface area contributed by atoms with E-state index >= 15 is 0 Å². The van der Waals surface area contributed by atoms with E-state index in [9.17, 15) is 18.8 Å². The van der Waals surface area contributed by atoms with Crippen molar-refractivity contribution in [1.29, 1.82) is 0 Å². The van der Waals surface area contributed by atoms with Crippen molar-refractivity contribution in [1.82, 2.24) is 5.32 Å². The number of carbonyl (C=O) groups is 3. The minimum atomic E-state index is -0.527. The number of amides is 1. The van der Waals surface area contributed by atoms with Crippen LogP contribution < -0.4 is 5.32 Å². The Morgan fingerprint density at radius 2 is 1.57 bits per heavy atom. The van der Waals surface area contributed by atoms with Gasteiger partial charge in [0.1, 0.15) is 5.82 Å². The van der Waals surface area contributed by atoms with Gasteiger partial charge in [-0.25, -0.2) is 4.39 Å². The molecule has 150 valence electrons. The lowest BCUT2D eigenvalue weighted by Gasteiger charge is -2.55. The van der Waals surface area contributed by atoms with Crippen molar-refractivity contribution in [3.63, 3.8) is 0 Å². The molecule has 1 N–H and O–H groups in total. The maximum atomic E-state index is 12.9. The number of esters is 1. The molecule has 0 radical (unpaired) electrons. The molecule has 4 aliphatic rings. The summed E-state index contributed by atoms with van der Waals surface area (Å²) >= 11 is 0. The van der Waals surface area contributed by atoms with E-state index in [1.807, 2.05) is 0 Å². The monoisotopic (exact) mass is 387 g/mol. The second-order valence-corrected chi connectivity index (χ2v) is 8.79. The zero-order chi connectivity index (χ0) is 19.7. The highest BCUT2D eigenvalue weighted by Gasteiger charge is 2.54. The van der Waals surface area contributed by atoms with E-state index in [1.54, 1.807) is 0 Å². The lowest BCUT2D eigenvalue weighted by Crippen LogP contribution is -2.53. The summed E-state index contributed by atoms with van der Waals surface area (Å²) in [6, 6.07) is 5.10. The third-order valence-corrected chi connectivity index (χ3v) is 6.67. The summed E-state index contributed by atoms with van der Waals surface area (Å²) in [6.45, 7) is -0.155. The number of nitrogens with one attached hydrogen (secondary N) is 1. The standard InChI is InChI=1S/C22H26FNO4/c23-18-3-1-17(2-4-18)19(25)13-28-20(26)5-6-24-21(27)22-10-14-7-15(11-22)9-16(8-14)12-22/h1-4,14-16H,5-13H2,(H,24,27). The van der Waals surface area contributed by atoms with Crippen LogP contribution in [0.2, 0.25) is 0 Å². The number of benzene rings is 1. The summed E-state index contributed by atoms with van der Waals surface area (Å²) in [5.41, 5.74) is 0.0707. The Hall–Kier alpha value is -2.24. The van der Waals surface area contributed by atoms with Crippen LogP contribution in [-0.4, -0.2) is 30.8 Å². The van der Waals surface area contributed by atoms with E-state index in [0.717, 1.165) is 19.3 Å². The lowest BCUT2D eigenvalue weighted by molar-refractivity contribution is -0.147. The first-order valence-corrected chi connectivity index (χ1v) is 10.2. The van der Waals surface area contributed by atoms with Gasteiger partial charge in [-0.05, 0) is 80.5 Å². The van der Waals surface area contributed by atoms with E-state index in [4.69, 9.17) is 4.74 Å². The van der Waals surface area contributed by atoms with Crippen molar-refractivity contribution < 1.29 is 23.5 Å². The van der Waals surface area contributed by atoms with E-state index in [0.29, 0.717) is 23.3 Å². The normalized spacial score (nSPS) is 30.1. The molecule has 1 amide bonds. The molecule has 28 heavy (non-hydrogen) atoms. The number of rotatable bonds is 7. The van der Waals surface area contributed by atoms with E-state index in [2.05, 4.69) is 5.32 Å². The maximum absolute atomic E-state index is 12.9. The van der Waals surface area contributed by atoms with Crippen molar-refractivity contribution in [3.05, 3.63) is 35.6 Å². The second kappa shape index (κ2) is 7.64. The Kier molecular flexibility index (Phi) is 5.21. The van der Waals surface area contributed by atoms with Crippen LogP contribution in [0.5, 0.6) is 0 Å². The molecular weight excluding hydrogens is 361 g/mol. The van der Waals surface area contributed by atoms with Gasteiger partial charge in [0.15, 0.2) is 12.4 Å². The van der Waals surface area contributed by atoms with Crippen LogP contribution in [0.3, 0.4) is 0 Å². The van der Waals surface area contributed by atoms with Gasteiger partial charge in [0, 0.05) is 17.5 Å². The Balaban J connectivity index is 1.20. The van der Waals surface area contributed by atoms with Crippen LogP contribution >= 0.6 is 0 Å². The summed E-state index contributed by atoms with van der Waals surface area (Å²) in [5, 5.41) is 2.93. The predicted molar refractivity (Wildman–Crippen MR) is 99.9 cm³/mol. The van der Waals surface area contributed by atoms with Crippen LogP contribution in [0, 0.1) is 29.0 Å². The molecule has 0 heterocycles. The summed E-state index contributed by atoms with van der Waals surface area (Å²) in [6.07, 6.45) is 6.84. The number of halogens is 1. The molecule has 0 aromatic heterocycles. The summed E-state index contributed by atoms with van der Waals surface area (Å²) < 4.78 is 17.9. The van der Waals surface area contributed by atoms with Gasteiger partial charge in [-0.15, -0.1) is 0 Å². The Bertz CT molecular complexity index is 738.